The van der Waals surface area contributed by atoms with E-state index in [1.807, 2.05) is 0 Å². The van der Waals surface area contributed by atoms with Crippen LogP contribution in [0.5, 0.6) is 0 Å². The molecule has 3 N–H and O–H groups in total. The molecule has 0 aromatic heterocycles. The van der Waals surface area contributed by atoms with Gasteiger partial charge in [0.25, 0.3) is 0 Å². The van der Waals surface area contributed by atoms with Gasteiger partial charge in [0.05, 0.1) is 12.0 Å². The molecule has 0 atom stereocenters. The standard InChI is InChI=1S/C18H30O9/c1-2-18(11-19,12-26-16(24)9-5-3-7-14(20)21)13-27-17(25)10-6-4-8-15(22)23/h19H,2-13H2,1H3,(H,20,21)(H,22,23). The van der Waals surface area contributed by atoms with Gasteiger partial charge in [-0.3, -0.25) is 19.2 Å². The highest BCUT2D eigenvalue weighted by atomic mass is 16.5. The number of carbonyl (C=O) groups is 4. The molecule has 0 rings (SSSR count). The third kappa shape index (κ3) is 12.8. The second-order valence-corrected chi connectivity index (χ2v) is 6.53. The summed E-state index contributed by atoms with van der Waals surface area (Å²) in [5.41, 5.74) is -0.895. The number of aliphatic hydroxyl groups excluding tert-OH is 1. The lowest BCUT2D eigenvalue weighted by atomic mass is 9.88. The molecule has 0 fully saturated rings. The molecule has 0 spiro atoms. The number of unbranched alkanes of at least 4 members (excludes halogenated alkanes) is 2. The van der Waals surface area contributed by atoms with Crippen molar-refractivity contribution < 1.29 is 44.0 Å². The van der Waals surface area contributed by atoms with Crippen molar-refractivity contribution in [3.8, 4) is 0 Å². The molecule has 0 aliphatic carbocycles. The van der Waals surface area contributed by atoms with Gasteiger partial charge in [-0.25, -0.2) is 0 Å². The fourth-order valence-corrected chi connectivity index (χ4v) is 2.15. The van der Waals surface area contributed by atoms with Crippen molar-refractivity contribution in [3.05, 3.63) is 0 Å². The second kappa shape index (κ2) is 14.0. The minimum Gasteiger partial charge on any atom is -0.481 e. The van der Waals surface area contributed by atoms with Crippen LogP contribution in [0, 0.1) is 5.41 Å². The zero-order valence-electron chi connectivity index (χ0n) is 15.8. The Morgan fingerprint density at radius 3 is 1.41 bits per heavy atom. The minimum absolute atomic E-state index is 0.00870. The third-order valence-corrected chi connectivity index (χ3v) is 4.21. The van der Waals surface area contributed by atoms with E-state index in [9.17, 15) is 24.3 Å². The van der Waals surface area contributed by atoms with Crippen molar-refractivity contribution in [1.82, 2.24) is 0 Å². The van der Waals surface area contributed by atoms with Gasteiger partial charge < -0.3 is 24.8 Å². The molecular formula is C18H30O9. The van der Waals surface area contributed by atoms with Crippen LogP contribution in [-0.2, 0) is 28.7 Å². The number of carboxylic acids is 2. The van der Waals surface area contributed by atoms with Gasteiger partial charge in [-0.1, -0.05) is 6.92 Å². The molecule has 0 bridgehead atoms. The molecule has 0 aliphatic heterocycles. The normalized spacial score (nSPS) is 11.0. The first-order chi connectivity index (χ1) is 12.7. The zero-order chi connectivity index (χ0) is 20.7. The zero-order valence-corrected chi connectivity index (χ0v) is 15.8. The van der Waals surface area contributed by atoms with Crippen LogP contribution in [-0.4, -0.2) is 59.0 Å². The van der Waals surface area contributed by atoms with Crippen LogP contribution in [0.25, 0.3) is 0 Å². The van der Waals surface area contributed by atoms with Crippen molar-refractivity contribution in [2.45, 2.75) is 64.7 Å². The number of esters is 2. The fourth-order valence-electron chi connectivity index (χ4n) is 2.15. The Balaban J connectivity index is 4.22. The van der Waals surface area contributed by atoms with Gasteiger partial charge in [-0.15, -0.1) is 0 Å². The molecular weight excluding hydrogens is 360 g/mol. The molecule has 0 aromatic carbocycles. The third-order valence-electron chi connectivity index (χ3n) is 4.21. The van der Waals surface area contributed by atoms with Gasteiger partial charge in [-0.05, 0) is 32.1 Å². The summed E-state index contributed by atoms with van der Waals surface area (Å²) in [5.74, 6) is -2.82. The van der Waals surface area contributed by atoms with Crippen LogP contribution in [0.15, 0.2) is 0 Å². The number of hydrogen-bond donors (Lipinski definition) is 3. The maximum atomic E-state index is 11.7. The molecule has 0 aliphatic rings. The summed E-state index contributed by atoms with van der Waals surface area (Å²) in [6.07, 6.45) is 2.12. The van der Waals surface area contributed by atoms with Gasteiger partial charge in [0.15, 0.2) is 0 Å². The predicted molar refractivity (Wildman–Crippen MR) is 93.9 cm³/mol. The summed E-state index contributed by atoms with van der Waals surface area (Å²) >= 11 is 0. The first-order valence-corrected chi connectivity index (χ1v) is 9.10. The lowest BCUT2D eigenvalue weighted by Gasteiger charge is -2.29. The van der Waals surface area contributed by atoms with Crippen LogP contribution in [0.4, 0.5) is 0 Å². The minimum atomic E-state index is -0.918. The quantitative estimate of drug-likeness (QED) is 0.265. The highest BCUT2D eigenvalue weighted by Crippen LogP contribution is 2.23. The molecule has 0 radical (unpaired) electrons. The van der Waals surface area contributed by atoms with Crippen LogP contribution in [0.1, 0.15) is 64.7 Å². The Morgan fingerprint density at radius 1 is 0.741 bits per heavy atom. The molecule has 0 aromatic rings. The van der Waals surface area contributed by atoms with Crippen LogP contribution >= 0.6 is 0 Å². The molecule has 0 saturated carbocycles. The number of hydrogen-bond acceptors (Lipinski definition) is 7. The Morgan fingerprint density at radius 2 is 1.11 bits per heavy atom. The summed E-state index contributed by atoms with van der Waals surface area (Å²) in [4.78, 5) is 44.3. The molecule has 0 amide bonds. The van der Waals surface area contributed by atoms with Gasteiger partial charge in [0, 0.05) is 25.7 Å². The van der Waals surface area contributed by atoms with Gasteiger partial charge in [-0.2, -0.15) is 0 Å². The first kappa shape index (κ1) is 24.8. The molecule has 0 saturated heterocycles. The summed E-state index contributed by atoms with van der Waals surface area (Å²) < 4.78 is 10.3. The number of aliphatic hydroxyl groups is 1. The Labute approximate surface area is 158 Å². The summed E-state index contributed by atoms with van der Waals surface area (Å²) in [6.45, 7) is 1.23. The van der Waals surface area contributed by atoms with E-state index in [1.165, 1.54) is 0 Å². The molecule has 156 valence electrons. The van der Waals surface area contributed by atoms with Gasteiger partial charge >= 0.3 is 23.9 Å². The van der Waals surface area contributed by atoms with Crippen LogP contribution < -0.4 is 0 Å². The van der Waals surface area contributed by atoms with Crippen molar-refractivity contribution >= 4 is 23.9 Å². The van der Waals surface area contributed by atoms with Gasteiger partial charge in [0.2, 0.25) is 0 Å². The molecule has 0 heterocycles. The number of carbonyl (C=O) groups excluding carboxylic acids is 2. The van der Waals surface area contributed by atoms with E-state index in [0.29, 0.717) is 32.1 Å². The van der Waals surface area contributed by atoms with E-state index in [-0.39, 0.29) is 45.5 Å². The topological polar surface area (TPSA) is 147 Å². The Kier molecular flexibility index (Phi) is 12.8. The van der Waals surface area contributed by atoms with E-state index in [0.717, 1.165) is 0 Å². The lowest BCUT2D eigenvalue weighted by molar-refractivity contribution is -0.157. The van der Waals surface area contributed by atoms with E-state index in [2.05, 4.69) is 0 Å². The second-order valence-electron chi connectivity index (χ2n) is 6.53. The maximum absolute atomic E-state index is 11.7. The summed E-state index contributed by atoms with van der Waals surface area (Å²) in [5, 5.41) is 26.7. The highest BCUT2D eigenvalue weighted by Gasteiger charge is 2.31. The number of aliphatic carboxylic acids is 2. The lowest BCUT2D eigenvalue weighted by Crippen LogP contribution is -2.37. The SMILES string of the molecule is CCC(CO)(COC(=O)CCCCC(=O)O)COC(=O)CCCCC(=O)O. The summed E-state index contributed by atoms with van der Waals surface area (Å²) in [6, 6.07) is 0. The molecule has 27 heavy (non-hydrogen) atoms. The van der Waals surface area contributed by atoms with Crippen molar-refractivity contribution in [2.75, 3.05) is 19.8 Å². The van der Waals surface area contributed by atoms with E-state index in [1.54, 1.807) is 6.92 Å². The van der Waals surface area contributed by atoms with E-state index in [4.69, 9.17) is 19.7 Å². The average Bonchev–Trinajstić information content (AvgIpc) is 2.63. The van der Waals surface area contributed by atoms with E-state index < -0.39 is 29.3 Å². The predicted octanol–water partition coefficient (Wildman–Crippen LogP) is 1.75. The smallest absolute Gasteiger partial charge is 0.305 e. The largest absolute Gasteiger partial charge is 0.481 e. The van der Waals surface area contributed by atoms with E-state index >= 15 is 0 Å². The molecule has 9 nitrogen and oxygen atoms in total. The van der Waals surface area contributed by atoms with Crippen LogP contribution in [0.3, 0.4) is 0 Å². The van der Waals surface area contributed by atoms with Crippen LogP contribution in [0.2, 0.25) is 0 Å². The van der Waals surface area contributed by atoms with Crippen molar-refractivity contribution in [2.24, 2.45) is 5.41 Å². The number of rotatable bonds is 16. The maximum Gasteiger partial charge on any atom is 0.305 e. The number of carboxylic acid groups (broad SMARTS) is 2. The first-order valence-electron chi connectivity index (χ1n) is 9.10. The summed E-state index contributed by atoms with van der Waals surface area (Å²) in [7, 11) is 0. The van der Waals surface area contributed by atoms with Crippen molar-refractivity contribution in [1.29, 1.82) is 0 Å². The molecule has 9 heteroatoms. The van der Waals surface area contributed by atoms with Crippen molar-refractivity contribution in [3.63, 3.8) is 0 Å². The monoisotopic (exact) mass is 390 g/mol. The fraction of sp³-hybridized carbons (Fsp3) is 0.778. The Bertz CT molecular complexity index is 443. The Hall–Kier alpha value is -2.16. The number of ether oxygens (including phenoxy) is 2. The van der Waals surface area contributed by atoms with Gasteiger partial charge in [0.1, 0.15) is 13.2 Å². The molecule has 0 unspecified atom stereocenters. The highest BCUT2D eigenvalue weighted by molar-refractivity contribution is 5.70. The average molecular weight is 390 g/mol.